The van der Waals surface area contributed by atoms with Gasteiger partial charge in [-0.2, -0.15) is 4.31 Å². The number of nitro benzene ring substituents is 1. The molecule has 1 atom stereocenters. The number of anilines is 1. The van der Waals surface area contributed by atoms with Gasteiger partial charge in [-0.05, 0) is 37.3 Å². The summed E-state index contributed by atoms with van der Waals surface area (Å²) in [7, 11) is -3.67. The predicted molar refractivity (Wildman–Crippen MR) is 118 cm³/mol. The maximum absolute atomic E-state index is 12.5. The van der Waals surface area contributed by atoms with Crippen LogP contribution in [0.3, 0.4) is 0 Å². The van der Waals surface area contributed by atoms with Crippen molar-refractivity contribution in [3.05, 3.63) is 63.2 Å². The minimum Gasteiger partial charge on any atom is -0.449 e. The minimum absolute atomic E-state index is 0.000252. The average molecular weight is 484 g/mol. The van der Waals surface area contributed by atoms with Crippen molar-refractivity contribution < 1.29 is 27.7 Å². The van der Waals surface area contributed by atoms with Gasteiger partial charge in [0.05, 0.1) is 26.1 Å². The Bertz CT molecular complexity index is 1120. The van der Waals surface area contributed by atoms with E-state index in [9.17, 15) is 28.1 Å². The molecule has 2 aromatic rings. The Labute approximate surface area is 190 Å². The van der Waals surface area contributed by atoms with E-state index in [-0.39, 0.29) is 26.9 Å². The fourth-order valence-corrected chi connectivity index (χ4v) is 4.34. The highest BCUT2D eigenvalue weighted by atomic mass is 35.5. The van der Waals surface area contributed by atoms with Gasteiger partial charge in [0, 0.05) is 25.2 Å². The van der Waals surface area contributed by atoms with E-state index < -0.39 is 32.9 Å². The Balaban J connectivity index is 2.08. The first-order valence-electron chi connectivity index (χ1n) is 9.57. The maximum atomic E-state index is 12.5. The van der Waals surface area contributed by atoms with E-state index in [1.54, 1.807) is 13.8 Å². The first-order valence-corrected chi connectivity index (χ1v) is 11.4. The SMILES string of the molecule is CCN(CC)S(=O)(=O)c1ccc(C(=O)O[C@H](C)C(=O)Nc2cc([N+](=O)[O-])ccc2Cl)cc1. The zero-order valence-electron chi connectivity index (χ0n) is 17.6. The number of hydrogen-bond acceptors (Lipinski definition) is 7. The van der Waals surface area contributed by atoms with Gasteiger partial charge in [0.2, 0.25) is 10.0 Å². The van der Waals surface area contributed by atoms with Crippen LogP contribution in [0.15, 0.2) is 47.4 Å². The van der Waals surface area contributed by atoms with Crippen LogP contribution in [0.5, 0.6) is 0 Å². The van der Waals surface area contributed by atoms with Gasteiger partial charge in [0.25, 0.3) is 11.6 Å². The van der Waals surface area contributed by atoms with Gasteiger partial charge in [0.15, 0.2) is 6.10 Å². The van der Waals surface area contributed by atoms with Gasteiger partial charge in [-0.15, -0.1) is 0 Å². The standard InChI is InChI=1S/C20H22ClN3O7S/c1-4-23(5-2)32(29,30)16-9-6-14(7-10-16)20(26)31-13(3)19(25)22-18-12-15(24(27)28)8-11-17(18)21/h6-13H,4-5H2,1-3H3,(H,22,25)/t13-/m1/s1. The molecule has 0 aliphatic carbocycles. The van der Waals surface area contributed by atoms with Crippen molar-refractivity contribution in [3.8, 4) is 0 Å². The van der Waals surface area contributed by atoms with Crippen molar-refractivity contribution in [1.29, 1.82) is 0 Å². The van der Waals surface area contributed by atoms with E-state index in [0.29, 0.717) is 13.1 Å². The summed E-state index contributed by atoms with van der Waals surface area (Å²) in [5.41, 5.74) is -0.217. The van der Waals surface area contributed by atoms with Crippen molar-refractivity contribution >= 4 is 44.9 Å². The highest BCUT2D eigenvalue weighted by Crippen LogP contribution is 2.27. The first-order chi connectivity index (χ1) is 15.0. The van der Waals surface area contributed by atoms with Crippen LogP contribution in [-0.2, 0) is 19.6 Å². The largest absolute Gasteiger partial charge is 0.449 e. The third-order valence-electron chi connectivity index (χ3n) is 4.50. The number of nitrogens with zero attached hydrogens (tertiary/aromatic N) is 2. The number of benzene rings is 2. The quantitative estimate of drug-likeness (QED) is 0.327. The highest BCUT2D eigenvalue weighted by molar-refractivity contribution is 7.89. The number of carbonyl (C=O) groups excluding carboxylic acids is 2. The molecule has 172 valence electrons. The van der Waals surface area contributed by atoms with E-state index in [1.807, 2.05) is 0 Å². The van der Waals surface area contributed by atoms with Crippen LogP contribution in [0.4, 0.5) is 11.4 Å². The Morgan fingerprint density at radius 3 is 2.28 bits per heavy atom. The first kappa shape index (κ1) is 25.2. The molecule has 32 heavy (non-hydrogen) atoms. The van der Waals surface area contributed by atoms with Crippen LogP contribution in [0.2, 0.25) is 5.02 Å². The average Bonchev–Trinajstić information content (AvgIpc) is 2.75. The molecule has 0 spiro atoms. The number of esters is 1. The fourth-order valence-electron chi connectivity index (χ4n) is 2.71. The summed E-state index contributed by atoms with van der Waals surface area (Å²) in [5, 5.41) is 13.3. The second kappa shape index (κ2) is 10.5. The number of sulfonamides is 1. The number of non-ortho nitro benzene ring substituents is 1. The second-order valence-electron chi connectivity index (χ2n) is 6.57. The van der Waals surface area contributed by atoms with E-state index in [1.165, 1.54) is 47.6 Å². The topological polar surface area (TPSA) is 136 Å². The van der Waals surface area contributed by atoms with Crippen molar-refractivity contribution in [1.82, 2.24) is 4.31 Å². The van der Waals surface area contributed by atoms with E-state index in [0.717, 1.165) is 6.07 Å². The van der Waals surface area contributed by atoms with Crippen molar-refractivity contribution in [2.75, 3.05) is 18.4 Å². The van der Waals surface area contributed by atoms with Crippen LogP contribution in [-0.4, -0.2) is 48.7 Å². The van der Waals surface area contributed by atoms with E-state index >= 15 is 0 Å². The Morgan fingerprint density at radius 2 is 1.75 bits per heavy atom. The molecule has 10 nitrogen and oxygen atoms in total. The third kappa shape index (κ3) is 5.81. The van der Waals surface area contributed by atoms with Crippen LogP contribution in [0, 0.1) is 10.1 Å². The molecule has 0 saturated heterocycles. The number of halogens is 1. The monoisotopic (exact) mass is 483 g/mol. The number of carbonyl (C=O) groups is 2. The molecule has 0 bridgehead atoms. The predicted octanol–water partition coefficient (Wildman–Crippen LogP) is 3.46. The zero-order valence-corrected chi connectivity index (χ0v) is 19.1. The molecule has 12 heteroatoms. The Morgan fingerprint density at radius 1 is 1.16 bits per heavy atom. The van der Waals surface area contributed by atoms with Crippen molar-refractivity contribution in [3.63, 3.8) is 0 Å². The summed E-state index contributed by atoms with van der Waals surface area (Å²) in [5.74, 6) is -1.59. The van der Waals surface area contributed by atoms with Crippen LogP contribution in [0.1, 0.15) is 31.1 Å². The van der Waals surface area contributed by atoms with Crippen molar-refractivity contribution in [2.45, 2.75) is 31.8 Å². The Kier molecular flexibility index (Phi) is 8.31. The number of amides is 1. The summed E-state index contributed by atoms with van der Waals surface area (Å²) in [6.45, 7) is 5.38. The molecule has 0 aliphatic heterocycles. The number of nitrogens with one attached hydrogen (secondary N) is 1. The minimum atomic E-state index is -3.67. The Hall–Kier alpha value is -3.02. The third-order valence-corrected chi connectivity index (χ3v) is 6.90. The molecule has 0 saturated carbocycles. The number of ether oxygens (including phenoxy) is 1. The number of rotatable bonds is 9. The molecule has 0 unspecified atom stereocenters. The number of hydrogen-bond donors (Lipinski definition) is 1. The fraction of sp³-hybridized carbons (Fsp3) is 0.300. The summed E-state index contributed by atoms with van der Waals surface area (Å²) in [4.78, 5) is 35.0. The van der Waals surface area contributed by atoms with Gasteiger partial charge in [0.1, 0.15) is 0 Å². The van der Waals surface area contributed by atoms with Crippen LogP contribution >= 0.6 is 11.6 Å². The lowest BCUT2D eigenvalue weighted by atomic mass is 10.2. The summed E-state index contributed by atoms with van der Waals surface area (Å²) < 4.78 is 31.4. The molecule has 2 aromatic carbocycles. The lowest BCUT2D eigenvalue weighted by Gasteiger charge is -2.18. The van der Waals surface area contributed by atoms with Gasteiger partial charge >= 0.3 is 5.97 Å². The summed E-state index contributed by atoms with van der Waals surface area (Å²) in [6.07, 6.45) is -1.25. The van der Waals surface area contributed by atoms with Crippen LogP contribution < -0.4 is 5.32 Å². The smallest absolute Gasteiger partial charge is 0.338 e. The maximum Gasteiger partial charge on any atom is 0.338 e. The highest BCUT2D eigenvalue weighted by Gasteiger charge is 2.24. The van der Waals surface area contributed by atoms with Crippen molar-refractivity contribution in [2.24, 2.45) is 0 Å². The summed E-state index contributed by atoms with van der Waals surface area (Å²) >= 11 is 5.95. The van der Waals surface area contributed by atoms with Gasteiger partial charge in [-0.3, -0.25) is 14.9 Å². The normalized spacial score (nSPS) is 12.3. The van der Waals surface area contributed by atoms with E-state index in [2.05, 4.69) is 5.32 Å². The van der Waals surface area contributed by atoms with E-state index in [4.69, 9.17) is 16.3 Å². The molecule has 0 aromatic heterocycles. The lowest BCUT2D eigenvalue weighted by molar-refractivity contribution is -0.384. The molecule has 0 fully saturated rings. The molecule has 1 amide bonds. The summed E-state index contributed by atoms with van der Waals surface area (Å²) in [6, 6.07) is 8.70. The molecular weight excluding hydrogens is 462 g/mol. The molecule has 2 rings (SSSR count). The molecule has 0 heterocycles. The van der Waals surface area contributed by atoms with Gasteiger partial charge in [-0.1, -0.05) is 25.4 Å². The molecule has 0 radical (unpaired) electrons. The van der Waals surface area contributed by atoms with Crippen LogP contribution in [0.25, 0.3) is 0 Å². The second-order valence-corrected chi connectivity index (χ2v) is 8.92. The molecule has 1 N–H and O–H groups in total. The molecular formula is C20H22ClN3O7S. The lowest BCUT2D eigenvalue weighted by Crippen LogP contribution is -2.31. The number of nitro groups is 1. The molecule has 0 aliphatic rings. The van der Waals surface area contributed by atoms with Gasteiger partial charge in [-0.25, -0.2) is 13.2 Å². The van der Waals surface area contributed by atoms with Gasteiger partial charge < -0.3 is 10.1 Å². The zero-order chi connectivity index (χ0) is 24.1.